The van der Waals surface area contributed by atoms with E-state index in [1.807, 2.05) is 6.92 Å². The first-order valence-corrected chi connectivity index (χ1v) is 5.03. The Morgan fingerprint density at radius 2 is 1.69 bits per heavy atom. The summed E-state index contributed by atoms with van der Waals surface area (Å²) in [7, 11) is 0. The molecule has 0 aromatic carbocycles. The zero-order valence-electron chi connectivity index (χ0n) is 6.92. The van der Waals surface area contributed by atoms with Gasteiger partial charge in [-0.15, -0.1) is 0 Å². The molecule has 2 atom stereocenters. The third-order valence-electron chi connectivity index (χ3n) is 1.94. The lowest BCUT2D eigenvalue weighted by Gasteiger charge is -2.07. The van der Waals surface area contributed by atoms with Crippen LogP contribution in [-0.2, 0) is 4.74 Å². The molecule has 0 aromatic heterocycles. The summed E-state index contributed by atoms with van der Waals surface area (Å²) in [6.45, 7) is 1.94. The van der Waals surface area contributed by atoms with Gasteiger partial charge in [-0.1, -0.05) is 48.1 Å². The zero-order chi connectivity index (χ0) is 10.3. The first-order chi connectivity index (χ1) is 5.81. The summed E-state index contributed by atoms with van der Waals surface area (Å²) in [6, 6.07) is 0. The molecule has 1 nitrogen and oxygen atoms in total. The molecular formula is C7H9Cl3F2O. The third-order valence-corrected chi connectivity index (χ3v) is 3.67. The van der Waals surface area contributed by atoms with Gasteiger partial charge >= 0.3 is 0 Å². The predicted octanol–water partition coefficient (Wildman–Crippen LogP) is 3.56. The second-order valence-corrected chi connectivity index (χ2v) is 4.79. The Bertz CT molecular complexity index is 194. The average molecular weight is 254 g/mol. The number of halogens is 5. The Hall–Kier alpha value is 0.690. The van der Waals surface area contributed by atoms with Crippen molar-refractivity contribution in [1.29, 1.82) is 0 Å². The Kier molecular flexibility index (Phi) is 3.05. The van der Waals surface area contributed by atoms with Gasteiger partial charge in [-0.3, -0.25) is 0 Å². The smallest absolute Gasteiger partial charge is 0.299 e. The van der Waals surface area contributed by atoms with Crippen molar-refractivity contribution in [2.45, 2.75) is 35.1 Å². The van der Waals surface area contributed by atoms with Crippen LogP contribution in [0.1, 0.15) is 19.8 Å². The van der Waals surface area contributed by atoms with Crippen LogP contribution in [-0.4, -0.2) is 21.9 Å². The molecule has 1 aliphatic rings. The summed E-state index contributed by atoms with van der Waals surface area (Å²) in [4.78, 5) is 0. The lowest BCUT2D eigenvalue weighted by Crippen LogP contribution is -2.18. The molecule has 13 heavy (non-hydrogen) atoms. The fourth-order valence-corrected chi connectivity index (χ4v) is 1.79. The third kappa shape index (κ3) is 1.44. The highest BCUT2D eigenvalue weighted by Crippen LogP contribution is 2.72. The van der Waals surface area contributed by atoms with Crippen LogP contribution in [0.5, 0.6) is 0 Å². The Balaban J connectivity index is 2.51. The van der Waals surface area contributed by atoms with Crippen LogP contribution < -0.4 is 0 Å². The lowest BCUT2D eigenvalue weighted by molar-refractivity contribution is -0.0877. The molecule has 1 aliphatic carbocycles. The van der Waals surface area contributed by atoms with Crippen molar-refractivity contribution in [2.24, 2.45) is 0 Å². The molecule has 0 amide bonds. The van der Waals surface area contributed by atoms with Gasteiger partial charge in [0.05, 0.1) is 6.61 Å². The molecule has 6 heteroatoms. The highest BCUT2D eigenvalue weighted by atomic mass is 35.5. The van der Waals surface area contributed by atoms with Gasteiger partial charge in [-0.2, -0.15) is 0 Å². The summed E-state index contributed by atoms with van der Waals surface area (Å²) in [6.07, 6.45) is 1.40. The van der Waals surface area contributed by atoms with E-state index in [1.54, 1.807) is 0 Å². The lowest BCUT2D eigenvalue weighted by atomic mass is 10.4. The molecule has 0 heterocycles. The van der Waals surface area contributed by atoms with Crippen molar-refractivity contribution in [1.82, 2.24) is 0 Å². The van der Waals surface area contributed by atoms with Gasteiger partial charge in [0.1, 0.15) is 0 Å². The minimum atomic E-state index is -2.84. The predicted molar refractivity (Wildman–Crippen MR) is 48.8 cm³/mol. The number of rotatable bonds is 4. The summed E-state index contributed by atoms with van der Waals surface area (Å²) >= 11 is 15.6. The van der Waals surface area contributed by atoms with Gasteiger partial charge in [0.2, 0.25) is 4.33 Å². The van der Waals surface area contributed by atoms with Gasteiger partial charge in [-0.05, 0) is 6.42 Å². The number of alkyl halides is 5. The highest BCUT2D eigenvalue weighted by molar-refractivity contribution is 6.59. The summed E-state index contributed by atoms with van der Waals surface area (Å²) < 4.78 is 28.7. The molecule has 0 spiro atoms. The van der Waals surface area contributed by atoms with Crippen molar-refractivity contribution >= 4 is 34.8 Å². The van der Waals surface area contributed by atoms with Crippen LogP contribution in [0.15, 0.2) is 0 Å². The molecule has 1 fully saturated rings. The number of hydrogen-bond donors (Lipinski definition) is 0. The monoisotopic (exact) mass is 252 g/mol. The average Bonchev–Trinajstić information content (AvgIpc) is 2.30. The van der Waals surface area contributed by atoms with E-state index in [0.717, 1.165) is 6.42 Å². The molecule has 0 bridgehead atoms. The van der Waals surface area contributed by atoms with Crippen LogP contribution in [0.25, 0.3) is 0 Å². The fraction of sp³-hybridized carbons (Fsp3) is 1.00. The molecule has 78 valence electrons. The molecule has 0 unspecified atom stereocenters. The maximum absolute atomic E-state index is 13.4. The Labute approximate surface area is 90.3 Å². The SMILES string of the molecule is CCCCO[C@@]1(F)C(Cl)(Cl)[C@@]1(F)Cl. The summed E-state index contributed by atoms with van der Waals surface area (Å²) in [5.41, 5.74) is 0. The maximum atomic E-state index is 13.4. The Morgan fingerprint density at radius 3 is 2.00 bits per heavy atom. The van der Waals surface area contributed by atoms with Crippen LogP contribution in [0.4, 0.5) is 8.78 Å². The number of hydrogen-bond acceptors (Lipinski definition) is 1. The summed E-state index contributed by atoms with van der Waals surface area (Å²) in [5.74, 6) is -2.78. The quantitative estimate of drug-likeness (QED) is 0.550. The second-order valence-electron chi connectivity index (χ2n) is 2.95. The van der Waals surface area contributed by atoms with Crippen LogP contribution >= 0.6 is 34.8 Å². The molecule has 0 saturated heterocycles. The fourth-order valence-electron chi connectivity index (χ4n) is 0.902. The van der Waals surface area contributed by atoms with E-state index < -0.39 is 15.3 Å². The van der Waals surface area contributed by atoms with Gasteiger partial charge in [0, 0.05) is 0 Å². The van der Waals surface area contributed by atoms with Crippen LogP contribution in [0, 0.1) is 0 Å². The van der Waals surface area contributed by atoms with Gasteiger partial charge in [0.15, 0.2) is 0 Å². The van der Waals surface area contributed by atoms with E-state index in [9.17, 15) is 8.78 Å². The van der Waals surface area contributed by atoms with E-state index in [4.69, 9.17) is 34.8 Å². The van der Waals surface area contributed by atoms with E-state index in [1.165, 1.54) is 0 Å². The molecule has 0 N–H and O–H groups in total. The molecular weight excluding hydrogens is 244 g/mol. The van der Waals surface area contributed by atoms with Gasteiger partial charge in [0.25, 0.3) is 11.0 Å². The van der Waals surface area contributed by atoms with Crippen molar-refractivity contribution in [3.8, 4) is 0 Å². The molecule has 0 radical (unpaired) electrons. The topological polar surface area (TPSA) is 9.23 Å². The van der Waals surface area contributed by atoms with E-state index in [2.05, 4.69) is 4.74 Å². The Morgan fingerprint density at radius 1 is 1.23 bits per heavy atom. The molecule has 1 rings (SSSR count). The van der Waals surface area contributed by atoms with Crippen molar-refractivity contribution in [3.05, 3.63) is 0 Å². The van der Waals surface area contributed by atoms with Gasteiger partial charge in [-0.25, -0.2) is 8.78 Å². The summed E-state index contributed by atoms with van der Waals surface area (Å²) in [5, 5.41) is -2.84. The van der Waals surface area contributed by atoms with E-state index in [0.29, 0.717) is 6.42 Å². The minimum Gasteiger partial charge on any atom is -0.340 e. The zero-order valence-corrected chi connectivity index (χ0v) is 9.19. The first-order valence-electron chi connectivity index (χ1n) is 3.89. The standard InChI is InChI=1S/C7H9Cl3F2O/c1-2-3-4-13-7(12)5(8,9)6(7,10)11/h2-4H2,1H3/t6-,7-/m0/s1. The highest BCUT2D eigenvalue weighted by Gasteiger charge is 2.94. The second kappa shape index (κ2) is 3.37. The molecule has 0 aliphatic heterocycles. The molecule has 1 saturated carbocycles. The number of unbranched alkanes of at least 4 members (excludes halogenated alkanes) is 1. The van der Waals surface area contributed by atoms with Gasteiger partial charge < -0.3 is 4.74 Å². The maximum Gasteiger partial charge on any atom is 0.299 e. The van der Waals surface area contributed by atoms with E-state index >= 15 is 0 Å². The van der Waals surface area contributed by atoms with E-state index in [-0.39, 0.29) is 6.61 Å². The van der Waals surface area contributed by atoms with Crippen LogP contribution in [0.2, 0.25) is 0 Å². The first kappa shape index (κ1) is 11.8. The largest absolute Gasteiger partial charge is 0.340 e. The van der Waals surface area contributed by atoms with Crippen molar-refractivity contribution in [3.63, 3.8) is 0 Å². The van der Waals surface area contributed by atoms with Crippen molar-refractivity contribution in [2.75, 3.05) is 6.61 Å². The van der Waals surface area contributed by atoms with Crippen LogP contribution in [0.3, 0.4) is 0 Å². The van der Waals surface area contributed by atoms with Crippen molar-refractivity contribution < 1.29 is 13.5 Å². The number of ether oxygens (including phenoxy) is 1. The minimum absolute atomic E-state index is 0.0482. The normalized spacial score (nSPS) is 42.0. The molecule has 0 aromatic rings.